The lowest BCUT2D eigenvalue weighted by molar-refractivity contribution is -0.0354. The van der Waals surface area contributed by atoms with Gasteiger partial charge in [0.1, 0.15) is 0 Å². The highest BCUT2D eigenvalue weighted by atomic mass is 15.2. The average molecular weight is 350 g/mol. The third-order valence-corrected chi connectivity index (χ3v) is 7.41. The Labute approximate surface area is 157 Å². The van der Waals surface area contributed by atoms with Gasteiger partial charge in [-0.2, -0.15) is 0 Å². The predicted molar refractivity (Wildman–Crippen MR) is 109 cm³/mol. The van der Waals surface area contributed by atoms with Crippen molar-refractivity contribution < 1.29 is 0 Å². The van der Waals surface area contributed by atoms with E-state index in [1.807, 2.05) is 6.08 Å². The van der Waals surface area contributed by atoms with Crippen molar-refractivity contribution in [3.8, 4) is 0 Å². The van der Waals surface area contributed by atoms with E-state index in [2.05, 4.69) is 52.6 Å². The third-order valence-electron chi connectivity index (χ3n) is 7.41. The molecule has 0 radical (unpaired) electrons. The molecule has 2 aromatic rings. The molecule has 0 aliphatic carbocycles. The van der Waals surface area contributed by atoms with E-state index in [9.17, 15) is 0 Å². The van der Waals surface area contributed by atoms with Crippen LogP contribution in [-0.4, -0.2) is 35.6 Å². The topological polar surface area (TPSA) is 20.2 Å². The van der Waals surface area contributed by atoms with E-state index in [4.69, 9.17) is 0 Å². The van der Waals surface area contributed by atoms with Crippen molar-refractivity contribution in [3.63, 3.8) is 0 Å². The molecule has 0 saturated carbocycles. The Hall–Kier alpha value is -1.58. The van der Waals surface area contributed by atoms with Crippen LogP contribution in [0.25, 0.3) is 10.9 Å². The van der Waals surface area contributed by atoms with E-state index in [0.717, 1.165) is 13.1 Å². The van der Waals surface area contributed by atoms with Crippen LogP contribution in [0.1, 0.15) is 55.9 Å². The summed E-state index contributed by atoms with van der Waals surface area (Å²) in [5.74, 6) is 0. The van der Waals surface area contributed by atoms with Crippen molar-refractivity contribution >= 4 is 10.9 Å². The van der Waals surface area contributed by atoms with Crippen molar-refractivity contribution in [2.45, 2.75) is 51.1 Å². The van der Waals surface area contributed by atoms with Crippen LogP contribution in [0.15, 0.2) is 36.9 Å². The highest BCUT2D eigenvalue weighted by Gasteiger charge is 2.52. The molecule has 4 heterocycles. The number of fused-ring (bicyclic) bond motifs is 3. The normalized spacial score (nSPS) is 30.3. The van der Waals surface area contributed by atoms with Crippen LogP contribution in [0.4, 0.5) is 0 Å². The quantitative estimate of drug-likeness (QED) is 0.636. The Morgan fingerprint density at radius 3 is 3.04 bits per heavy atom. The fourth-order valence-electron chi connectivity index (χ4n) is 6.36. The number of hydrogen-bond acceptors (Lipinski definition) is 2. The molecule has 3 aliphatic heterocycles. The summed E-state index contributed by atoms with van der Waals surface area (Å²) in [6, 6.07) is 10.3. The number of piperidine rings is 1. The first-order chi connectivity index (χ1) is 12.8. The van der Waals surface area contributed by atoms with E-state index in [0.29, 0.717) is 17.5 Å². The second-order valence-corrected chi connectivity index (χ2v) is 8.56. The molecule has 3 aliphatic rings. The molecule has 1 saturated heterocycles. The predicted octanol–water partition coefficient (Wildman–Crippen LogP) is 4.45. The summed E-state index contributed by atoms with van der Waals surface area (Å²) in [5, 5.41) is 5.14. The van der Waals surface area contributed by atoms with E-state index < -0.39 is 0 Å². The van der Waals surface area contributed by atoms with Gasteiger partial charge in [0.05, 0.1) is 6.04 Å². The Morgan fingerprint density at radius 2 is 2.19 bits per heavy atom. The number of para-hydroxylation sites is 1. The molecule has 1 aromatic carbocycles. The van der Waals surface area contributed by atoms with E-state index in [-0.39, 0.29) is 0 Å². The molecule has 1 aromatic heterocycles. The lowest BCUT2D eigenvalue weighted by Gasteiger charge is -2.57. The van der Waals surface area contributed by atoms with Gasteiger partial charge < -0.3 is 9.88 Å². The zero-order valence-corrected chi connectivity index (χ0v) is 16.0. The van der Waals surface area contributed by atoms with Gasteiger partial charge in [0, 0.05) is 42.3 Å². The minimum Gasteiger partial charge on any atom is -0.338 e. The van der Waals surface area contributed by atoms with E-state index in [1.54, 1.807) is 11.3 Å². The van der Waals surface area contributed by atoms with Gasteiger partial charge in [-0.05, 0) is 55.7 Å². The SMILES string of the molecule is C=CCNCC1C[C@]2(CC)CCCN3CCc4c(n1c1ccccc41)[C@@H]32. The lowest BCUT2D eigenvalue weighted by Crippen LogP contribution is -2.53. The van der Waals surface area contributed by atoms with Gasteiger partial charge in [-0.15, -0.1) is 6.58 Å². The number of hydrogen-bond donors (Lipinski definition) is 1. The number of nitrogens with zero attached hydrogens (tertiary/aromatic N) is 2. The fourth-order valence-corrected chi connectivity index (χ4v) is 6.36. The van der Waals surface area contributed by atoms with Crippen LogP contribution in [-0.2, 0) is 6.42 Å². The molecule has 3 nitrogen and oxygen atoms in total. The molecule has 0 amide bonds. The Balaban J connectivity index is 1.72. The summed E-state index contributed by atoms with van der Waals surface area (Å²) >= 11 is 0. The average Bonchev–Trinajstić information content (AvgIpc) is 3.02. The summed E-state index contributed by atoms with van der Waals surface area (Å²) in [7, 11) is 0. The largest absolute Gasteiger partial charge is 0.338 e. The van der Waals surface area contributed by atoms with Gasteiger partial charge in [0.2, 0.25) is 0 Å². The Morgan fingerprint density at radius 1 is 1.31 bits per heavy atom. The van der Waals surface area contributed by atoms with Crippen LogP contribution in [0.3, 0.4) is 0 Å². The van der Waals surface area contributed by atoms with Gasteiger partial charge in [-0.1, -0.05) is 31.2 Å². The van der Waals surface area contributed by atoms with Gasteiger partial charge in [0.25, 0.3) is 0 Å². The number of benzene rings is 1. The van der Waals surface area contributed by atoms with Crippen LogP contribution in [0.2, 0.25) is 0 Å². The van der Waals surface area contributed by atoms with Gasteiger partial charge in [-0.3, -0.25) is 4.90 Å². The van der Waals surface area contributed by atoms with Crippen LogP contribution < -0.4 is 5.32 Å². The van der Waals surface area contributed by atoms with Crippen molar-refractivity contribution in [2.24, 2.45) is 5.41 Å². The first-order valence-electron chi connectivity index (χ1n) is 10.5. The van der Waals surface area contributed by atoms with Crippen molar-refractivity contribution in [3.05, 3.63) is 48.2 Å². The Kier molecular flexibility index (Phi) is 3.98. The molecule has 138 valence electrons. The fraction of sp³-hybridized carbons (Fsp3) is 0.565. The molecule has 0 bridgehead atoms. The first-order valence-corrected chi connectivity index (χ1v) is 10.5. The monoisotopic (exact) mass is 349 g/mol. The highest BCUT2D eigenvalue weighted by molar-refractivity contribution is 5.86. The minimum absolute atomic E-state index is 0.457. The molecule has 1 N–H and O–H groups in total. The standard InChI is InChI=1S/C23H31N3/c1-3-12-24-16-17-15-23(4-2)11-7-13-25-14-10-19-18-8-5-6-9-20(18)26(17)21(19)22(23)25/h3,5-6,8-9,17,22,24H,1,4,7,10-16H2,2H3/t17?,22-,23+/m1/s1. The zero-order chi connectivity index (χ0) is 17.7. The van der Waals surface area contributed by atoms with Crippen LogP contribution in [0, 0.1) is 5.41 Å². The van der Waals surface area contributed by atoms with Crippen LogP contribution >= 0.6 is 0 Å². The Bertz CT molecular complexity index is 835. The van der Waals surface area contributed by atoms with Gasteiger partial charge in [0.15, 0.2) is 0 Å². The molecular formula is C23H31N3. The zero-order valence-electron chi connectivity index (χ0n) is 16.0. The molecule has 3 atom stereocenters. The molecule has 1 fully saturated rings. The second-order valence-electron chi connectivity index (χ2n) is 8.56. The maximum absolute atomic E-state index is 3.88. The summed E-state index contributed by atoms with van der Waals surface area (Å²) in [4.78, 5) is 2.82. The summed E-state index contributed by atoms with van der Waals surface area (Å²) in [6.07, 6.45) is 8.56. The maximum Gasteiger partial charge on any atom is 0.0561 e. The molecular weight excluding hydrogens is 318 g/mol. The van der Waals surface area contributed by atoms with Gasteiger partial charge >= 0.3 is 0 Å². The van der Waals surface area contributed by atoms with Crippen molar-refractivity contribution in [2.75, 3.05) is 26.2 Å². The maximum atomic E-state index is 3.88. The molecule has 1 unspecified atom stereocenters. The van der Waals surface area contributed by atoms with Crippen molar-refractivity contribution in [1.82, 2.24) is 14.8 Å². The molecule has 5 rings (SSSR count). The number of rotatable bonds is 5. The summed E-state index contributed by atoms with van der Waals surface area (Å²) < 4.78 is 2.73. The summed E-state index contributed by atoms with van der Waals surface area (Å²) in [5.41, 5.74) is 5.23. The first kappa shape index (κ1) is 16.6. The van der Waals surface area contributed by atoms with Crippen molar-refractivity contribution in [1.29, 1.82) is 0 Å². The number of nitrogens with one attached hydrogen (secondary N) is 1. The third kappa shape index (κ3) is 2.20. The lowest BCUT2D eigenvalue weighted by atomic mass is 9.63. The van der Waals surface area contributed by atoms with E-state index >= 15 is 0 Å². The highest BCUT2D eigenvalue weighted by Crippen LogP contribution is 2.59. The molecule has 3 heteroatoms. The molecule has 26 heavy (non-hydrogen) atoms. The summed E-state index contributed by atoms with van der Waals surface area (Å²) in [6.45, 7) is 10.8. The molecule has 0 spiro atoms. The van der Waals surface area contributed by atoms with Crippen LogP contribution in [0.5, 0.6) is 0 Å². The number of aromatic nitrogens is 1. The smallest absolute Gasteiger partial charge is 0.0561 e. The minimum atomic E-state index is 0.457. The second kappa shape index (κ2) is 6.24. The van der Waals surface area contributed by atoms with Gasteiger partial charge in [-0.25, -0.2) is 0 Å². The van der Waals surface area contributed by atoms with E-state index in [1.165, 1.54) is 56.1 Å².